The van der Waals surface area contributed by atoms with E-state index in [0.717, 1.165) is 0 Å². The van der Waals surface area contributed by atoms with Gasteiger partial charge in [-0.2, -0.15) is 0 Å². The molecular formula is C13H25N3O5. The van der Waals surface area contributed by atoms with Crippen molar-refractivity contribution in [3.8, 4) is 0 Å². The molecule has 1 unspecified atom stereocenters. The standard InChI is InChI=1S/C13H25N3O5/c1-9(2)15-11(17)6-7-14-13(20)16-10(12(18)19)5-4-8-21-3/h9-10H,4-8H2,1-3H3,(H,15,17)(H,18,19)(H2,14,16,20). The Kier molecular flexibility index (Phi) is 9.95. The van der Waals surface area contributed by atoms with Gasteiger partial charge in [0.25, 0.3) is 0 Å². The molecule has 0 aromatic carbocycles. The van der Waals surface area contributed by atoms with Crippen molar-refractivity contribution in [1.29, 1.82) is 0 Å². The van der Waals surface area contributed by atoms with E-state index < -0.39 is 18.0 Å². The number of ether oxygens (including phenoxy) is 1. The Bertz CT molecular complexity index is 347. The number of carbonyl (C=O) groups excluding carboxylic acids is 2. The Morgan fingerprint density at radius 3 is 2.38 bits per heavy atom. The van der Waals surface area contributed by atoms with Gasteiger partial charge >= 0.3 is 12.0 Å². The van der Waals surface area contributed by atoms with E-state index in [9.17, 15) is 14.4 Å². The number of hydrogen-bond donors (Lipinski definition) is 4. The lowest BCUT2D eigenvalue weighted by atomic mass is 10.1. The monoisotopic (exact) mass is 303 g/mol. The number of aliphatic carboxylic acids is 1. The van der Waals surface area contributed by atoms with Crippen molar-refractivity contribution in [2.24, 2.45) is 0 Å². The number of carbonyl (C=O) groups is 3. The molecule has 8 heteroatoms. The molecule has 0 saturated heterocycles. The minimum Gasteiger partial charge on any atom is -0.480 e. The van der Waals surface area contributed by atoms with Crippen LogP contribution in [0.15, 0.2) is 0 Å². The molecule has 0 spiro atoms. The first-order chi connectivity index (χ1) is 9.86. The normalized spacial score (nSPS) is 11.8. The summed E-state index contributed by atoms with van der Waals surface area (Å²) in [5, 5.41) is 16.5. The van der Waals surface area contributed by atoms with E-state index >= 15 is 0 Å². The molecule has 0 radical (unpaired) electrons. The average Bonchev–Trinajstić information content (AvgIpc) is 2.36. The first-order valence-electron chi connectivity index (χ1n) is 6.92. The molecule has 0 aliphatic carbocycles. The summed E-state index contributed by atoms with van der Waals surface area (Å²) < 4.78 is 4.83. The number of carboxylic acid groups (broad SMARTS) is 1. The molecule has 1 atom stereocenters. The predicted octanol–water partition coefficient (Wildman–Crippen LogP) is 0.0801. The maximum absolute atomic E-state index is 11.5. The van der Waals surface area contributed by atoms with Gasteiger partial charge in [0.2, 0.25) is 5.91 Å². The van der Waals surface area contributed by atoms with Gasteiger partial charge in [0.15, 0.2) is 0 Å². The van der Waals surface area contributed by atoms with Crippen LogP contribution in [0.4, 0.5) is 4.79 Å². The van der Waals surface area contributed by atoms with Crippen LogP contribution in [-0.2, 0) is 14.3 Å². The maximum atomic E-state index is 11.5. The summed E-state index contributed by atoms with van der Waals surface area (Å²) in [4.78, 5) is 33.9. The predicted molar refractivity (Wildman–Crippen MR) is 77.0 cm³/mol. The third-order valence-electron chi connectivity index (χ3n) is 2.53. The molecule has 0 aliphatic heterocycles. The van der Waals surface area contributed by atoms with Gasteiger partial charge in [0.1, 0.15) is 6.04 Å². The minimum absolute atomic E-state index is 0.0449. The fourth-order valence-electron chi connectivity index (χ4n) is 1.58. The number of amides is 3. The molecule has 0 saturated carbocycles. The Labute approximate surface area is 124 Å². The summed E-state index contributed by atoms with van der Waals surface area (Å²) >= 11 is 0. The molecule has 0 aromatic heterocycles. The van der Waals surface area contributed by atoms with Gasteiger partial charge in [-0.25, -0.2) is 9.59 Å². The molecule has 0 aromatic rings. The second-order valence-corrected chi connectivity index (χ2v) is 4.90. The highest BCUT2D eigenvalue weighted by atomic mass is 16.5. The quantitative estimate of drug-likeness (QED) is 0.426. The van der Waals surface area contributed by atoms with E-state index in [4.69, 9.17) is 9.84 Å². The minimum atomic E-state index is -1.10. The van der Waals surface area contributed by atoms with Crippen LogP contribution < -0.4 is 16.0 Å². The lowest BCUT2D eigenvalue weighted by molar-refractivity contribution is -0.139. The van der Waals surface area contributed by atoms with Gasteiger partial charge in [-0.15, -0.1) is 0 Å². The van der Waals surface area contributed by atoms with Gasteiger partial charge < -0.3 is 25.8 Å². The van der Waals surface area contributed by atoms with E-state index in [1.165, 1.54) is 7.11 Å². The third-order valence-corrected chi connectivity index (χ3v) is 2.53. The second kappa shape index (κ2) is 10.9. The molecule has 4 N–H and O–H groups in total. The Morgan fingerprint density at radius 2 is 1.86 bits per heavy atom. The zero-order valence-electron chi connectivity index (χ0n) is 12.8. The first kappa shape index (κ1) is 19.2. The molecule has 21 heavy (non-hydrogen) atoms. The van der Waals surface area contributed by atoms with Gasteiger partial charge in [-0.1, -0.05) is 0 Å². The smallest absolute Gasteiger partial charge is 0.326 e. The van der Waals surface area contributed by atoms with Crippen LogP contribution in [0.2, 0.25) is 0 Å². The highest BCUT2D eigenvalue weighted by Gasteiger charge is 2.19. The Balaban J connectivity index is 3.98. The average molecular weight is 303 g/mol. The summed E-state index contributed by atoms with van der Waals surface area (Å²) in [6, 6.07) is -1.52. The largest absolute Gasteiger partial charge is 0.480 e. The summed E-state index contributed by atoms with van der Waals surface area (Å²) in [6.45, 7) is 4.27. The van der Waals surface area contributed by atoms with Crippen molar-refractivity contribution in [3.05, 3.63) is 0 Å². The molecule has 8 nitrogen and oxygen atoms in total. The number of nitrogens with one attached hydrogen (secondary N) is 3. The van der Waals surface area contributed by atoms with Gasteiger partial charge in [0.05, 0.1) is 0 Å². The number of carboxylic acids is 1. The molecular weight excluding hydrogens is 278 g/mol. The van der Waals surface area contributed by atoms with E-state index in [0.29, 0.717) is 13.0 Å². The number of methoxy groups -OCH3 is 1. The maximum Gasteiger partial charge on any atom is 0.326 e. The SMILES string of the molecule is COCCCC(NC(=O)NCCC(=O)NC(C)C)C(=O)O. The summed E-state index contributed by atoms with van der Waals surface area (Å²) in [6.07, 6.45) is 0.960. The number of hydrogen-bond acceptors (Lipinski definition) is 4. The molecule has 0 fully saturated rings. The first-order valence-corrected chi connectivity index (χ1v) is 6.92. The highest BCUT2D eigenvalue weighted by Crippen LogP contribution is 1.98. The Morgan fingerprint density at radius 1 is 1.19 bits per heavy atom. The van der Waals surface area contributed by atoms with Crippen LogP contribution in [0.3, 0.4) is 0 Å². The molecule has 0 heterocycles. The molecule has 122 valence electrons. The van der Waals surface area contributed by atoms with Crippen molar-refractivity contribution in [2.75, 3.05) is 20.3 Å². The van der Waals surface area contributed by atoms with Crippen molar-refractivity contribution in [2.45, 2.75) is 45.2 Å². The zero-order chi connectivity index (χ0) is 16.3. The van der Waals surface area contributed by atoms with E-state index in [1.807, 2.05) is 13.8 Å². The number of rotatable bonds is 10. The molecule has 0 bridgehead atoms. The van der Waals surface area contributed by atoms with Crippen LogP contribution in [-0.4, -0.2) is 55.4 Å². The van der Waals surface area contributed by atoms with E-state index in [2.05, 4.69) is 16.0 Å². The van der Waals surface area contributed by atoms with Gasteiger partial charge in [-0.3, -0.25) is 4.79 Å². The van der Waals surface area contributed by atoms with Crippen molar-refractivity contribution in [1.82, 2.24) is 16.0 Å². The van der Waals surface area contributed by atoms with Crippen molar-refractivity contribution in [3.63, 3.8) is 0 Å². The molecule has 0 aliphatic rings. The lowest BCUT2D eigenvalue weighted by Crippen LogP contribution is -2.46. The van der Waals surface area contributed by atoms with Crippen molar-refractivity contribution >= 4 is 17.9 Å². The summed E-state index contributed by atoms with van der Waals surface area (Å²) in [5.41, 5.74) is 0. The third kappa shape index (κ3) is 10.6. The highest BCUT2D eigenvalue weighted by molar-refractivity contribution is 5.83. The van der Waals surface area contributed by atoms with Crippen molar-refractivity contribution < 1.29 is 24.2 Å². The molecule has 0 rings (SSSR count). The molecule has 3 amide bonds. The zero-order valence-corrected chi connectivity index (χ0v) is 12.8. The summed E-state index contributed by atoms with van der Waals surface area (Å²) in [7, 11) is 1.53. The lowest BCUT2D eigenvalue weighted by Gasteiger charge is -2.15. The van der Waals surface area contributed by atoms with E-state index in [1.54, 1.807) is 0 Å². The van der Waals surface area contributed by atoms with Crippen LogP contribution in [0, 0.1) is 0 Å². The fourth-order valence-corrected chi connectivity index (χ4v) is 1.58. The van der Waals surface area contributed by atoms with E-state index in [-0.39, 0.29) is 31.3 Å². The topological polar surface area (TPSA) is 117 Å². The van der Waals surface area contributed by atoms with Gasteiger partial charge in [-0.05, 0) is 26.7 Å². The summed E-state index contributed by atoms with van der Waals surface area (Å²) in [5.74, 6) is -1.26. The van der Waals surface area contributed by atoms with Crippen LogP contribution in [0.1, 0.15) is 33.1 Å². The van der Waals surface area contributed by atoms with Gasteiger partial charge in [0, 0.05) is 32.7 Å². The number of urea groups is 1. The second-order valence-electron chi connectivity index (χ2n) is 4.90. The van der Waals surface area contributed by atoms with Crippen LogP contribution in [0.25, 0.3) is 0 Å². The van der Waals surface area contributed by atoms with Crippen LogP contribution >= 0.6 is 0 Å². The fraction of sp³-hybridized carbons (Fsp3) is 0.769. The Hall–Kier alpha value is -1.83. The van der Waals surface area contributed by atoms with Crippen LogP contribution in [0.5, 0.6) is 0 Å².